The summed E-state index contributed by atoms with van der Waals surface area (Å²) in [5.41, 5.74) is 2.53. The normalized spacial score (nSPS) is 10.8. The van der Waals surface area contributed by atoms with Crippen LogP contribution >= 0.6 is 0 Å². The molecule has 2 rings (SSSR count). The van der Waals surface area contributed by atoms with Crippen LogP contribution in [0.15, 0.2) is 48.5 Å². The van der Waals surface area contributed by atoms with Crippen LogP contribution in [0.4, 0.5) is 10.5 Å². The van der Waals surface area contributed by atoms with Crippen LogP contribution in [-0.2, 0) is 16.1 Å². The number of nitrogens with one attached hydrogen (secondary N) is 3. The van der Waals surface area contributed by atoms with Crippen LogP contribution in [0.5, 0.6) is 0 Å². The maximum Gasteiger partial charge on any atom is 0.407 e. The molecule has 3 N–H and O–H groups in total. The second kappa shape index (κ2) is 10.4. The lowest BCUT2D eigenvalue weighted by atomic mass is 10.1. The van der Waals surface area contributed by atoms with E-state index in [9.17, 15) is 14.4 Å². The minimum atomic E-state index is -0.582. The zero-order chi connectivity index (χ0) is 22.1. The number of hydrogen-bond donors (Lipinski definition) is 3. The Morgan fingerprint density at radius 1 is 0.967 bits per heavy atom. The monoisotopic (exact) mass is 411 g/mol. The molecule has 0 aliphatic heterocycles. The molecule has 0 spiro atoms. The van der Waals surface area contributed by atoms with Crippen LogP contribution in [0.3, 0.4) is 0 Å². The molecule has 0 unspecified atom stereocenters. The maximum absolute atomic E-state index is 12.3. The minimum absolute atomic E-state index is 0.119. The molecular formula is C23H29N3O4. The van der Waals surface area contributed by atoms with Crippen LogP contribution in [0.2, 0.25) is 0 Å². The van der Waals surface area contributed by atoms with Crippen molar-refractivity contribution < 1.29 is 19.1 Å². The Hall–Kier alpha value is -3.35. The summed E-state index contributed by atoms with van der Waals surface area (Å²) in [5, 5.41) is 8.21. The fourth-order valence-electron chi connectivity index (χ4n) is 2.65. The number of carbonyl (C=O) groups excluding carboxylic acids is 3. The van der Waals surface area contributed by atoms with Gasteiger partial charge in [-0.05, 0) is 57.5 Å². The zero-order valence-electron chi connectivity index (χ0n) is 17.9. The van der Waals surface area contributed by atoms with Crippen molar-refractivity contribution in [2.24, 2.45) is 0 Å². The Morgan fingerprint density at radius 2 is 1.70 bits per heavy atom. The Kier molecular flexibility index (Phi) is 7.98. The quantitative estimate of drug-likeness (QED) is 0.646. The van der Waals surface area contributed by atoms with E-state index >= 15 is 0 Å². The predicted molar refractivity (Wildman–Crippen MR) is 116 cm³/mol. The second-order valence-electron chi connectivity index (χ2n) is 7.98. The number of anilines is 1. The molecule has 2 aromatic rings. The summed E-state index contributed by atoms with van der Waals surface area (Å²) < 4.78 is 5.12. The van der Waals surface area contributed by atoms with Crippen LogP contribution in [0.25, 0.3) is 0 Å². The van der Waals surface area contributed by atoms with Crippen molar-refractivity contribution in [2.75, 3.05) is 11.9 Å². The van der Waals surface area contributed by atoms with E-state index in [1.54, 1.807) is 39.0 Å². The van der Waals surface area contributed by atoms with E-state index in [-0.39, 0.29) is 24.8 Å². The van der Waals surface area contributed by atoms with E-state index in [0.29, 0.717) is 17.8 Å². The van der Waals surface area contributed by atoms with Crippen molar-refractivity contribution >= 4 is 23.6 Å². The lowest BCUT2D eigenvalue weighted by Gasteiger charge is -2.19. The topological polar surface area (TPSA) is 96.5 Å². The number of benzene rings is 2. The van der Waals surface area contributed by atoms with E-state index in [1.807, 2.05) is 37.3 Å². The van der Waals surface area contributed by atoms with Gasteiger partial charge in [-0.15, -0.1) is 0 Å². The van der Waals surface area contributed by atoms with E-state index < -0.39 is 11.7 Å². The number of hydrogen-bond acceptors (Lipinski definition) is 4. The van der Waals surface area contributed by atoms with Crippen LogP contribution < -0.4 is 16.0 Å². The van der Waals surface area contributed by atoms with E-state index in [4.69, 9.17) is 4.74 Å². The first-order valence-corrected chi connectivity index (χ1v) is 9.83. The largest absolute Gasteiger partial charge is 0.444 e. The van der Waals surface area contributed by atoms with E-state index in [0.717, 1.165) is 11.1 Å². The standard InChI is InChI=1S/C23H29N3O4/c1-16-7-5-9-18(13-16)21(28)25-15-17-8-6-10-19(14-17)26-20(27)11-12-24-22(29)30-23(2,3)4/h5-10,13-14H,11-12,15H2,1-4H3,(H,24,29)(H,25,28)(H,26,27). The van der Waals surface area contributed by atoms with Crippen LogP contribution in [0.1, 0.15) is 48.7 Å². The van der Waals surface area contributed by atoms with Crippen molar-refractivity contribution in [1.82, 2.24) is 10.6 Å². The molecule has 2 aromatic carbocycles. The molecule has 0 aliphatic rings. The van der Waals surface area contributed by atoms with Crippen molar-refractivity contribution in [2.45, 2.75) is 46.3 Å². The van der Waals surface area contributed by atoms with Gasteiger partial charge in [0.15, 0.2) is 0 Å². The Bertz CT molecular complexity index is 903. The van der Waals surface area contributed by atoms with Crippen molar-refractivity contribution in [3.63, 3.8) is 0 Å². The van der Waals surface area contributed by atoms with Crippen molar-refractivity contribution in [3.8, 4) is 0 Å². The number of amides is 3. The lowest BCUT2D eigenvalue weighted by Crippen LogP contribution is -2.34. The first kappa shape index (κ1) is 22.9. The number of ether oxygens (including phenoxy) is 1. The van der Waals surface area contributed by atoms with Gasteiger partial charge in [0.1, 0.15) is 5.60 Å². The fraction of sp³-hybridized carbons (Fsp3) is 0.348. The molecule has 0 fully saturated rings. The second-order valence-corrected chi connectivity index (χ2v) is 7.98. The molecule has 7 heteroatoms. The van der Waals surface area contributed by atoms with E-state index in [1.165, 1.54) is 0 Å². The van der Waals surface area contributed by atoms with Gasteiger partial charge in [-0.3, -0.25) is 9.59 Å². The van der Waals surface area contributed by atoms with Gasteiger partial charge in [0, 0.05) is 30.8 Å². The number of rotatable bonds is 7. The molecule has 0 aliphatic carbocycles. The molecule has 0 radical (unpaired) electrons. The summed E-state index contributed by atoms with van der Waals surface area (Å²) in [5.74, 6) is -0.381. The molecule has 160 valence electrons. The van der Waals surface area contributed by atoms with E-state index in [2.05, 4.69) is 16.0 Å². The third-order valence-electron chi connectivity index (χ3n) is 3.96. The number of carbonyl (C=O) groups is 3. The van der Waals surface area contributed by atoms with Gasteiger partial charge in [-0.2, -0.15) is 0 Å². The first-order valence-electron chi connectivity index (χ1n) is 9.83. The number of alkyl carbamates (subject to hydrolysis) is 1. The molecule has 0 heterocycles. The van der Waals surface area contributed by atoms with Gasteiger partial charge in [-0.1, -0.05) is 29.8 Å². The van der Waals surface area contributed by atoms with Gasteiger partial charge < -0.3 is 20.7 Å². The van der Waals surface area contributed by atoms with Crippen molar-refractivity contribution in [3.05, 3.63) is 65.2 Å². The highest BCUT2D eigenvalue weighted by molar-refractivity contribution is 5.94. The zero-order valence-corrected chi connectivity index (χ0v) is 17.9. The smallest absolute Gasteiger partial charge is 0.407 e. The minimum Gasteiger partial charge on any atom is -0.444 e. The molecule has 3 amide bonds. The molecule has 30 heavy (non-hydrogen) atoms. The third kappa shape index (κ3) is 8.34. The predicted octanol–water partition coefficient (Wildman–Crippen LogP) is 3.78. The molecule has 0 aromatic heterocycles. The van der Waals surface area contributed by atoms with Crippen LogP contribution in [-0.4, -0.2) is 30.1 Å². The van der Waals surface area contributed by atoms with Gasteiger partial charge >= 0.3 is 6.09 Å². The summed E-state index contributed by atoms with van der Waals surface area (Å²) in [4.78, 5) is 36.0. The highest BCUT2D eigenvalue weighted by atomic mass is 16.6. The first-order chi connectivity index (χ1) is 14.1. The van der Waals surface area contributed by atoms with Gasteiger partial charge in [-0.25, -0.2) is 4.79 Å². The SMILES string of the molecule is Cc1cccc(C(=O)NCc2cccc(NC(=O)CCNC(=O)OC(C)(C)C)c2)c1. The fourth-order valence-corrected chi connectivity index (χ4v) is 2.65. The summed E-state index contributed by atoms with van der Waals surface area (Å²) >= 11 is 0. The average molecular weight is 412 g/mol. The summed E-state index contributed by atoms with van der Waals surface area (Å²) in [6, 6.07) is 14.6. The van der Waals surface area contributed by atoms with Gasteiger partial charge in [0.2, 0.25) is 5.91 Å². The summed E-state index contributed by atoms with van der Waals surface area (Å²) in [7, 11) is 0. The molecule has 0 saturated heterocycles. The van der Waals surface area contributed by atoms with Gasteiger partial charge in [0.05, 0.1) is 0 Å². The lowest BCUT2D eigenvalue weighted by molar-refractivity contribution is -0.116. The third-order valence-corrected chi connectivity index (χ3v) is 3.96. The maximum atomic E-state index is 12.3. The van der Waals surface area contributed by atoms with Crippen LogP contribution in [0, 0.1) is 6.92 Å². The Labute approximate surface area is 177 Å². The molecular weight excluding hydrogens is 382 g/mol. The molecule has 7 nitrogen and oxygen atoms in total. The van der Waals surface area contributed by atoms with Crippen molar-refractivity contribution in [1.29, 1.82) is 0 Å². The number of aryl methyl sites for hydroxylation is 1. The highest BCUT2D eigenvalue weighted by Gasteiger charge is 2.16. The average Bonchev–Trinajstić information content (AvgIpc) is 2.65. The summed E-state index contributed by atoms with van der Waals surface area (Å²) in [6.07, 6.45) is -0.435. The Balaban J connectivity index is 1.80. The summed E-state index contributed by atoms with van der Waals surface area (Å²) in [6.45, 7) is 7.77. The highest BCUT2D eigenvalue weighted by Crippen LogP contribution is 2.12. The molecule has 0 bridgehead atoms. The Morgan fingerprint density at radius 3 is 2.40 bits per heavy atom. The van der Waals surface area contributed by atoms with Gasteiger partial charge in [0.25, 0.3) is 5.91 Å². The molecule has 0 atom stereocenters. The molecule has 0 saturated carbocycles.